The minimum absolute atomic E-state index is 0.0129. The van der Waals surface area contributed by atoms with E-state index in [2.05, 4.69) is 22.0 Å². The molecule has 0 radical (unpaired) electrons. The summed E-state index contributed by atoms with van der Waals surface area (Å²) in [5, 5.41) is 3.17. The number of methoxy groups -OCH3 is 2. The Morgan fingerprint density at radius 3 is 2.38 bits per heavy atom. The Kier molecular flexibility index (Phi) is 8.04. The average molecular weight is 524 g/mol. The first-order valence-electron chi connectivity index (χ1n) is 12.1. The Labute approximate surface area is 218 Å². The summed E-state index contributed by atoms with van der Waals surface area (Å²) in [5.74, 6) is 0.959. The van der Waals surface area contributed by atoms with E-state index >= 15 is 0 Å². The maximum absolute atomic E-state index is 13.5. The van der Waals surface area contributed by atoms with Gasteiger partial charge in [0.2, 0.25) is 0 Å². The Balaban J connectivity index is 1.58. The highest BCUT2D eigenvalue weighted by atomic mass is 32.2. The van der Waals surface area contributed by atoms with E-state index in [-0.39, 0.29) is 34.0 Å². The van der Waals surface area contributed by atoms with Gasteiger partial charge >= 0.3 is 0 Å². The number of hydrogen-bond acceptors (Lipinski definition) is 6. The van der Waals surface area contributed by atoms with Crippen LogP contribution in [0.1, 0.15) is 33.8 Å². The van der Waals surface area contributed by atoms with Crippen molar-refractivity contribution in [2.45, 2.75) is 30.2 Å². The fourth-order valence-electron chi connectivity index (χ4n) is 4.65. The van der Waals surface area contributed by atoms with Crippen molar-refractivity contribution in [1.29, 1.82) is 0 Å². The highest BCUT2D eigenvalue weighted by molar-refractivity contribution is 7.92. The van der Waals surface area contributed by atoms with E-state index in [4.69, 9.17) is 9.47 Å². The van der Waals surface area contributed by atoms with Gasteiger partial charge in [0, 0.05) is 18.5 Å². The van der Waals surface area contributed by atoms with Gasteiger partial charge in [-0.15, -0.1) is 0 Å². The Bertz CT molecular complexity index is 1360. The Morgan fingerprint density at radius 2 is 1.68 bits per heavy atom. The van der Waals surface area contributed by atoms with Gasteiger partial charge in [-0.05, 0) is 68.9 Å². The lowest BCUT2D eigenvalue weighted by Gasteiger charge is -2.37. The molecule has 2 atom stereocenters. The molecule has 1 amide bonds. The van der Waals surface area contributed by atoms with Crippen LogP contribution in [0.25, 0.3) is 0 Å². The van der Waals surface area contributed by atoms with Crippen LogP contribution in [0, 0.1) is 6.92 Å². The number of anilines is 1. The van der Waals surface area contributed by atoms with Gasteiger partial charge in [0.25, 0.3) is 15.9 Å². The summed E-state index contributed by atoms with van der Waals surface area (Å²) in [6.45, 7) is 3.47. The molecular formula is C28H33N3O5S. The van der Waals surface area contributed by atoms with Crippen LogP contribution in [0.2, 0.25) is 0 Å². The number of likely N-dealkylation sites (N-methyl/N-ethyl adjacent to an activating group) is 1. The second kappa shape index (κ2) is 11.2. The first-order valence-corrected chi connectivity index (χ1v) is 13.6. The van der Waals surface area contributed by atoms with Crippen LogP contribution in [-0.4, -0.2) is 59.6 Å². The van der Waals surface area contributed by atoms with Crippen molar-refractivity contribution in [2.75, 3.05) is 39.1 Å². The third-order valence-corrected chi connectivity index (χ3v) is 8.10. The van der Waals surface area contributed by atoms with Crippen LogP contribution in [0.4, 0.5) is 5.69 Å². The number of carbonyl (C=O) groups is 1. The summed E-state index contributed by atoms with van der Waals surface area (Å²) in [6.07, 6.45) is 0.749. The SMILES string of the molecule is COc1ccc([C@@H]2CN(C)CC[C@@H]2NC(=O)c2ccccc2NS(=O)(=O)c2ccc(C)cc2)cc1OC. The van der Waals surface area contributed by atoms with Crippen molar-refractivity contribution < 1.29 is 22.7 Å². The molecule has 3 aromatic carbocycles. The first kappa shape index (κ1) is 26.5. The zero-order valence-corrected chi connectivity index (χ0v) is 22.3. The minimum Gasteiger partial charge on any atom is -0.493 e. The summed E-state index contributed by atoms with van der Waals surface area (Å²) >= 11 is 0. The highest BCUT2D eigenvalue weighted by Gasteiger charge is 2.31. The molecule has 3 aromatic rings. The monoisotopic (exact) mass is 523 g/mol. The molecule has 4 rings (SSSR count). The van der Waals surface area contributed by atoms with Crippen molar-refractivity contribution in [2.24, 2.45) is 0 Å². The Hall–Kier alpha value is -3.56. The molecule has 37 heavy (non-hydrogen) atoms. The molecule has 1 heterocycles. The molecule has 2 N–H and O–H groups in total. The highest BCUT2D eigenvalue weighted by Crippen LogP contribution is 2.34. The van der Waals surface area contributed by atoms with E-state index in [1.807, 2.05) is 25.1 Å². The number of para-hydroxylation sites is 1. The maximum atomic E-state index is 13.5. The largest absolute Gasteiger partial charge is 0.493 e. The fraction of sp³-hybridized carbons (Fsp3) is 0.321. The predicted molar refractivity (Wildman–Crippen MR) is 144 cm³/mol. The molecule has 0 saturated carbocycles. The van der Waals surface area contributed by atoms with Gasteiger partial charge in [-0.1, -0.05) is 35.9 Å². The van der Waals surface area contributed by atoms with E-state index in [0.29, 0.717) is 11.5 Å². The van der Waals surface area contributed by atoms with Crippen molar-refractivity contribution >= 4 is 21.6 Å². The van der Waals surface area contributed by atoms with Crippen molar-refractivity contribution in [3.8, 4) is 11.5 Å². The fourth-order valence-corrected chi connectivity index (χ4v) is 5.73. The molecule has 1 aliphatic heterocycles. The summed E-state index contributed by atoms with van der Waals surface area (Å²) in [7, 11) is 1.40. The Morgan fingerprint density at radius 1 is 0.973 bits per heavy atom. The van der Waals surface area contributed by atoms with Gasteiger partial charge in [0.1, 0.15) is 0 Å². The molecule has 8 nitrogen and oxygen atoms in total. The summed E-state index contributed by atoms with van der Waals surface area (Å²) in [6, 6.07) is 18.9. The van der Waals surface area contributed by atoms with E-state index in [1.54, 1.807) is 62.8 Å². The van der Waals surface area contributed by atoms with E-state index in [1.165, 1.54) is 0 Å². The molecule has 0 bridgehead atoms. The molecule has 0 aromatic heterocycles. The maximum Gasteiger partial charge on any atom is 0.261 e. The number of ether oxygens (including phenoxy) is 2. The van der Waals surface area contributed by atoms with Crippen LogP contribution in [-0.2, 0) is 10.0 Å². The molecule has 0 unspecified atom stereocenters. The lowest BCUT2D eigenvalue weighted by atomic mass is 9.85. The second-order valence-corrected chi connectivity index (χ2v) is 11.0. The molecule has 0 aliphatic carbocycles. The third-order valence-electron chi connectivity index (χ3n) is 6.72. The van der Waals surface area contributed by atoms with Crippen LogP contribution in [0.5, 0.6) is 11.5 Å². The summed E-state index contributed by atoms with van der Waals surface area (Å²) in [4.78, 5) is 15.8. The van der Waals surface area contributed by atoms with Gasteiger partial charge in [-0.2, -0.15) is 0 Å². The third kappa shape index (κ3) is 6.06. The molecule has 1 aliphatic rings. The number of hydrogen-bond donors (Lipinski definition) is 2. The summed E-state index contributed by atoms with van der Waals surface area (Å²) < 4.78 is 39.5. The van der Waals surface area contributed by atoms with Crippen molar-refractivity contribution in [3.63, 3.8) is 0 Å². The van der Waals surface area contributed by atoms with E-state index < -0.39 is 10.0 Å². The smallest absolute Gasteiger partial charge is 0.261 e. The average Bonchev–Trinajstić information content (AvgIpc) is 2.89. The van der Waals surface area contributed by atoms with Crippen LogP contribution in [0.15, 0.2) is 71.6 Å². The number of nitrogens with one attached hydrogen (secondary N) is 2. The molecule has 9 heteroatoms. The van der Waals surface area contributed by atoms with Crippen LogP contribution in [0.3, 0.4) is 0 Å². The van der Waals surface area contributed by atoms with Crippen LogP contribution >= 0.6 is 0 Å². The number of likely N-dealkylation sites (tertiary alicyclic amines) is 1. The lowest BCUT2D eigenvalue weighted by molar-refractivity contribution is 0.0905. The number of carbonyl (C=O) groups excluding carboxylic acids is 1. The molecule has 1 saturated heterocycles. The summed E-state index contributed by atoms with van der Waals surface area (Å²) in [5.41, 5.74) is 2.49. The number of aryl methyl sites for hydroxylation is 1. The number of benzene rings is 3. The van der Waals surface area contributed by atoms with Crippen molar-refractivity contribution in [1.82, 2.24) is 10.2 Å². The normalized spacial score (nSPS) is 18.2. The molecule has 1 fully saturated rings. The predicted octanol–water partition coefficient (Wildman–Crippen LogP) is 4.03. The first-order chi connectivity index (χ1) is 17.7. The second-order valence-electron chi connectivity index (χ2n) is 9.32. The quantitative estimate of drug-likeness (QED) is 0.463. The number of piperidine rings is 1. The van der Waals surface area contributed by atoms with Gasteiger partial charge in [0.15, 0.2) is 11.5 Å². The minimum atomic E-state index is -3.86. The van der Waals surface area contributed by atoms with Gasteiger partial charge < -0.3 is 19.7 Å². The molecular weight excluding hydrogens is 490 g/mol. The molecule has 196 valence electrons. The van der Waals surface area contributed by atoms with Gasteiger partial charge in [-0.25, -0.2) is 8.42 Å². The number of nitrogens with zero attached hydrogens (tertiary/aromatic N) is 1. The van der Waals surface area contributed by atoms with Crippen LogP contribution < -0.4 is 19.5 Å². The topological polar surface area (TPSA) is 97.0 Å². The van der Waals surface area contributed by atoms with E-state index in [0.717, 1.165) is 30.6 Å². The number of rotatable bonds is 8. The zero-order chi connectivity index (χ0) is 26.6. The van der Waals surface area contributed by atoms with E-state index in [9.17, 15) is 13.2 Å². The van der Waals surface area contributed by atoms with Gasteiger partial charge in [-0.3, -0.25) is 9.52 Å². The number of sulfonamides is 1. The zero-order valence-electron chi connectivity index (χ0n) is 21.5. The van der Waals surface area contributed by atoms with Crippen molar-refractivity contribution in [3.05, 3.63) is 83.4 Å². The standard InChI is InChI=1S/C28H33N3O5S/c1-19-9-12-21(13-10-19)37(33,34)30-25-8-6-5-7-22(25)28(32)29-24-15-16-31(2)18-23(24)20-11-14-26(35-3)27(17-20)36-4/h5-14,17,23-24,30H,15-16,18H2,1-4H3,(H,29,32)/t23-,24-/m0/s1. The molecule has 0 spiro atoms. The lowest BCUT2D eigenvalue weighted by Crippen LogP contribution is -2.48. The van der Waals surface area contributed by atoms with Gasteiger partial charge in [0.05, 0.1) is 30.4 Å². The number of amides is 1.